The second kappa shape index (κ2) is 6.10. The Kier molecular flexibility index (Phi) is 4.65. The second-order valence-corrected chi connectivity index (χ2v) is 5.90. The quantitative estimate of drug-likeness (QED) is 0.792. The molecule has 2 saturated heterocycles. The van der Waals surface area contributed by atoms with Gasteiger partial charge in [0.15, 0.2) is 0 Å². The highest BCUT2D eigenvalue weighted by Gasteiger charge is 2.46. The van der Waals surface area contributed by atoms with E-state index in [1.165, 1.54) is 0 Å². The standard InChI is InChI=1S/C14H25N3O3/c1-3-14(13(19)20)5-4-6-17(14)11-12(18)16-9-7-15(2)8-10-16/h3-11H2,1-2H3,(H,19,20). The predicted molar refractivity (Wildman–Crippen MR) is 75.5 cm³/mol. The molecule has 6 heteroatoms. The van der Waals surface area contributed by atoms with E-state index in [-0.39, 0.29) is 12.5 Å². The van der Waals surface area contributed by atoms with E-state index < -0.39 is 11.5 Å². The zero-order chi connectivity index (χ0) is 14.8. The fourth-order valence-electron chi connectivity index (χ4n) is 3.28. The summed E-state index contributed by atoms with van der Waals surface area (Å²) >= 11 is 0. The Morgan fingerprint density at radius 2 is 1.80 bits per heavy atom. The fraction of sp³-hybridized carbons (Fsp3) is 0.857. The Balaban J connectivity index is 1.98. The summed E-state index contributed by atoms with van der Waals surface area (Å²) in [6, 6.07) is 0. The molecule has 1 N–H and O–H groups in total. The van der Waals surface area contributed by atoms with Crippen LogP contribution in [0.3, 0.4) is 0 Å². The summed E-state index contributed by atoms with van der Waals surface area (Å²) in [4.78, 5) is 29.9. The number of carbonyl (C=O) groups excluding carboxylic acids is 1. The first kappa shape index (κ1) is 15.3. The van der Waals surface area contributed by atoms with Crippen molar-refractivity contribution in [3.8, 4) is 0 Å². The first-order valence-corrected chi connectivity index (χ1v) is 7.44. The van der Waals surface area contributed by atoms with Gasteiger partial charge in [-0.15, -0.1) is 0 Å². The van der Waals surface area contributed by atoms with Crippen LogP contribution in [0.25, 0.3) is 0 Å². The lowest BCUT2D eigenvalue weighted by Crippen LogP contribution is -2.55. The first-order valence-electron chi connectivity index (χ1n) is 7.44. The lowest BCUT2D eigenvalue weighted by atomic mass is 9.93. The third-order valence-corrected chi connectivity index (χ3v) is 4.79. The Bertz CT molecular complexity index is 380. The highest BCUT2D eigenvalue weighted by atomic mass is 16.4. The monoisotopic (exact) mass is 283 g/mol. The number of likely N-dealkylation sites (tertiary alicyclic amines) is 1. The van der Waals surface area contributed by atoms with Crippen LogP contribution in [0.2, 0.25) is 0 Å². The molecule has 20 heavy (non-hydrogen) atoms. The topological polar surface area (TPSA) is 64.1 Å². The van der Waals surface area contributed by atoms with E-state index in [4.69, 9.17) is 0 Å². The molecule has 1 atom stereocenters. The van der Waals surface area contributed by atoms with Gasteiger partial charge in [0.05, 0.1) is 6.54 Å². The molecule has 0 spiro atoms. The maximum Gasteiger partial charge on any atom is 0.324 e. The number of nitrogens with zero attached hydrogens (tertiary/aromatic N) is 3. The predicted octanol–water partition coefficient (Wildman–Crippen LogP) is 0.0896. The molecule has 2 aliphatic rings. The van der Waals surface area contributed by atoms with Crippen LogP contribution in [0.5, 0.6) is 0 Å². The van der Waals surface area contributed by atoms with Gasteiger partial charge in [0.25, 0.3) is 0 Å². The van der Waals surface area contributed by atoms with Crippen LogP contribution < -0.4 is 0 Å². The summed E-state index contributed by atoms with van der Waals surface area (Å²) in [6.07, 6.45) is 2.06. The van der Waals surface area contributed by atoms with Gasteiger partial charge in [-0.1, -0.05) is 6.92 Å². The number of hydrogen-bond acceptors (Lipinski definition) is 4. The van der Waals surface area contributed by atoms with Gasteiger partial charge in [0.2, 0.25) is 5.91 Å². The van der Waals surface area contributed by atoms with Crippen LogP contribution in [0, 0.1) is 0 Å². The zero-order valence-electron chi connectivity index (χ0n) is 12.5. The minimum atomic E-state index is -0.831. The molecule has 2 aliphatic heterocycles. The van der Waals surface area contributed by atoms with Crippen molar-refractivity contribution < 1.29 is 14.7 Å². The van der Waals surface area contributed by atoms with Crippen molar-refractivity contribution in [1.29, 1.82) is 0 Å². The smallest absolute Gasteiger partial charge is 0.324 e. The molecule has 2 rings (SSSR count). The first-order chi connectivity index (χ1) is 9.49. The largest absolute Gasteiger partial charge is 0.480 e. The second-order valence-electron chi connectivity index (χ2n) is 5.90. The highest BCUT2D eigenvalue weighted by Crippen LogP contribution is 2.32. The Morgan fingerprint density at radius 1 is 1.15 bits per heavy atom. The van der Waals surface area contributed by atoms with Gasteiger partial charge >= 0.3 is 5.97 Å². The van der Waals surface area contributed by atoms with Crippen LogP contribution in [0.4, 0.5) is 0 Å². The Morgan fingerprint density at radius 3 is 2.35 bits per heavy atom. The van der Waals surface area contributed by atoms with E-state index in [0.717, 1.165) is 32.6 Å². The van der Waals surface area contributed by atoms with Crippen LogP contribution in [0.15, 0.2) is 0 Å². The zero-order valence-corrected chi connectivity index (χ0v) is 12.5. The number of carboxylic acid groups (broad SMARTS) is 1. The van der Waals surface area contributed by atoms with Crippen LogP contribution in [0.1, 0.15) is 26.2 Å². The molecule has 0 saturated carbocycles. The van der Waals surface area contributed by atoms with Crippen molar-refractivity contribution in [3.63, 3.8) is 0 Å². The number of piperazine rings is 1. The molecule has 114 valence electrons. The van der Waals surface area contributed by atoms with Gasteiger partial charge in [-0.2, -0.15) is 0 Å². The van der Waals surface area contributed by atoms with E-state index in [1.807, 2.05) is 16.7 Å². The summed E-state index contributed by atoms with van der Waals surface area (Å²) in [5.41, 5.74) is -0.831. The van der Waals surface area contributed by atoms with Gasteiger partial charge in [0.1, 0.15) is 5.54 Å². The van der Waals surface area contributed by atoms with Gasteiger partial charge < -0.3 is 14.9 Å². The summed E-state index contributed by atoms with van der Waals surface area (Å²) in [7, 11) is 2.05. The number of hydrogen-bond donors (Lipinski definition) is 1. The molecule has 2 fully saturated rings. The van der Waals surface area contributed by atoms with Crippen molar-refractivity contribution >= 4 is 11.9 Å². The molecular formula is C14H25N3O3. The molecule has 0 aromatic heterocycles. The highest BCUT2D eigenvalue weighted by molar-refractivity contribution is 5.82. The molecule has 2 heterocycles. The number of likely N-dealkylation sites (N-methyl/N-ethyl adjacent to an activating group) is 1. The van der Waals surface area contributed by atoms with Crippen molar-refractivity contribution in [3.05, 3.63) is 0 Å². The molecule has 0 aliphatic carbocycles. The van der Waals surface area contributed by atoms with Crippen molar-refractivity contribution in [1.82, 2.24) is 14.7 Å². The maximum absolute atomic E-state index is 12.4. The lowest BCUT2D eigenvalue weighted by Gasteiger charge is -2.37. The van der Waals surface area contributed by atoms with Gasteiger partial charge in [-0.05, 0) is 32.9 Å². The number of aliphatic carboxylic acids is 1. The summed E-state index contributed by atoms with van der Waals surface area (Å²) in [6.45, 7) is 6.12. The number of rotatable bonds is 4. The molecule has 1 amide bonds. The van der Waals surface area contributed by atoms with Crippen molar-refractivity contribution in [2.45, 2.75) is 31.7 Å². The van der Waals surface area contributed by atoms with Crippen molar-refractivity contribution in [2.75, 3.05) is 46.3 Å². The van der Waals surface area contributed by atoms with E-state index in [1.54, 1.807) is 0 Å². The summed E-state index contributed by atoms with van der Waals surface area (Å²) < 4.78 is 0. The molecule has 1 unspecified atom stereocenters. The van der Waals surface area contributed by atoms with Crippen LogP contribution in [-0.2, 0) is 9.59 Å². The average molecular weight is 283 g/mol. The Hall–Kier alpha value is -1.14. The third-order valence-electron chi connectivity index (χ3n) is 4.79. The summed E-state index contributed by atoms with van der Waals surface area (Å²) in [5.74, 6) is -0.720. The minimum Gasteiger partial charge on any atom is -0.480 e. The molecular weight excluding hydrogens is 258 g/mol. The molecule has 0 aromatic rings. The normalized spacial score (nSPS) is 28.8. The van der Waals surface area contributed by atoms with Gasteiger partial charge in [-0.3, -0.25) is 14.5 Å². The molecule has 6 nitrogen and oxygen atoms in total. The van der Waals surface area contributed by atoms with Gasteiger partial charge in [-0.25, -0.2) is 0 Å². The van der Waals surface area contributed by atoms with Gasteiger partial charge in [0, 0.05) is 26.2 Å². The fourth-order valence-corrected chi connectivity index (χ4v) is 3.28. The van der Waals surface area contributed by atoms with E-state index in [9.17, 15) is 14.7 Å². The minimum absolute atomic E-state index is 0.0686. The van der Waals surface area contributed by atoms with E-state index in [0.29, 0.717) is 19.4 Å². The summed E-state index contributed by atoms with van der Waals surface area (Å²) in [5, 5.41) is 9.52. The molecule has 0 radical (unpaired) electrons. The lowest BCUT2D eigenvalue weighted by molar-refractivity contribution is -0.151. The maximum atomic E-state index is 12.4. The van der Waals surface area contributed by atoms with Crippen molar-refractivity contribution in [2.24, 2.45) is 0 Å². The number of carboxylic acids is 1. The third kappa shape index (κ3) is 2.81. The van der Waals surface area contributed by atoms with E-state index >= 15 is 0 Å². The van der Waals surface area contributed by atoms with Crippen LogP contribution in [-0.4, -0.2) is 83.5 Å². The van der Waals surface area contributed by atoms with E-state index in [2.05, 4.69) is 11.9 Å². The SMILES string of the molecule is CCC1(C(=O)O)CCCN1CC(=O)N1CCN(C)CC1. The average Bonchev–Trinajstić information content (AvgIpc) is 2.83. The molecule has 0 aromatic carbocycles. The Labute approximate surface area is 120 Å². The number of amides is 1. The molecule has 0 bridgehead atoms. The van der Waals surface area contributed by atoms with Crippen LogP contribution >= 0.6 is 0 Å². The number of carbonyl (C=O) groups is 2.